The third-order valence-corrected chi connectivity index (χ3v) is 1.99. The van der Waals surface area contributed by atoms with Crippen LogP contribution < -0.4 is 5.32 Å². The monoisotopic (exact) mass is 228 g/mol. The Morgan fingerprint density at radius 3 is 2.88 bits per heavy atom. The van der Waals surface area contributed by atoms with Crippen molar-refractivity contribution in [3.63, 3.8) is 0 Å². The van der Waals surface area contributed by atoms with E-state index >= 15 is 0 Å². The predicted molar refractivity (Wildman–Crippen MR) is 53.8 cm³/mol. The summed E-state index contributed by atoms with van der Waals surface area (Å²) in [5, 5.41) is 21.4. The van der Waals surface area contributed by atoms with Gasteiger partial charge in [0.2, 0.25) is 5.91 Å². The lowest BCUT2D eigenvalue weighted by Gasteiger charge is -2.17. The number of hydrogen-bond acceptors (Lipinski definition) is 4. The topological polar surface area (TPSA) is 82.5 Å². The molecule has 2 atom stereocenters. The summed E-state index contributed by atoms with van der Waals surface area (Å²) >= 11 is 0. The maximum Gasteiger partial charge on any atom is 0.216 e. The number of carbonyl (C=O) groups excluding carboxylic acids is 1. The number of pyridine rings is 1. The van der Waals surface area contributed by atoms with Crippen molar-refractivity contribution in [1.29, 1.82) is 0 Å². The van der Waals surface area contributed by atoms with Gasteiger partial charge in [-0.05, 0) is 12.1 Å². The SMILES string of the molecule is CC(=O)NCC(O)C(O)c1ncccc1F. The van der Waals surface area contributed by atoms with Gasteiger partial charge >= 0.3 is 0 Å². The molecule has 0 fully saturated rings. The van der Waals surface area contributed by atoms with Crippen molar-refractivity contribution in [2.24, 2.45) is 0 Å². The second kappa shape index (κ2) is 5.53. The lowest BCUT2D eigenvalue weighted by Crippen LogP contribution is -2.34. The third-order valence-electron chi connectivity index (χ3n) is 1.99. The number of hydrogen-bond donors (Lipinski definition) is 3. The van der Waals surface area contributed by atoms with Gasteiger partial charge in [0, 0.05) is 19.7 Å². The van der Waals surface area contributed by atoms with E-state index in [2.05, 4.69) is 10.3 Å². The van der Waals surface area contributed by atoms with E-state index in [0.717, 1.165) is 6.07 Å². The van der Waals surface area contributed by atoms with Gasteiger partial charge in [-0.15, -0.1) is 0 Å². The smallest absolute Gasteiger partial charge is 0.216 e. The van der Waals surface area contributed by atoms with E-state index in [1.165, 1.54) is 19.2 Å². The minimum Gasteiger partial charge on any atom is -0.388 e. The van der Waals surface area contributed by atoms with Crippen LogP contribution in [-0.4, -0.2) is 33.8 Å². The quantitative estimate of drug-likeness (QED) is 0.663. The van der Waals surface area contributed by atoms with Crippen molar-refractivity contribution in [1.82, 2.24) is 10.3 Å². The van der Waals surface area contributed by atoms with E-state index < -0.39 is 18.0 Å². The summed E-state index contributed by atoms with van der Waals surface area (Å²) in [6, 6.07) is 2.52. The molecule has 0 aromatic carbocycles. The summed E-state index contributed by atoms with van der Waals surface area (Å²) in [4.78, 5) is 14.2. The van der Waals surface area contributed by atoms with E-state index in [9.17, 15) is 19.4 Å². The van der Waals surface area contributed by atoms with Gasteiger partial charge < -0.3 is 15.5 Å². The highest BCUT2D eigenvalue weighted by atomic mass is 19.1. The Labute approximate surface area is 91.9 Å². The maximum absolute atomic E-state index is 13.2. The molecule has 0 aliphatic carbocycles. The van der Waals surface area contributed by atoms with E-state index in [0.29, 0.717) is 0 Å². The minimum atomic E-state index is -1.46. The highest BCUT2D eigenvalue weighted by Crippen LogP contribution is 2.16. The highest BCUT2D eigenvalue weighted by molar-refractivity contribution is 5.72. The molecule has 1 aromatic heterocycles. The normalized spacial score (nSPS) is 14.2. The van der Waals surface area contributed by atoms with Crippen LogP contribution in [0.5, 0.6) is 0 Å². The Morgan fingerprint density at radius 2 is 2.31 bits per heavy atom. The average Bonchev–Trinajstić information content (AvgIpc) is 2.25. The summed E-state index contributed by atoms with van der Waals surface area (Å²) in [6.07, 6.45) is -1.45. The number of aliphatic hydroxyl groups is 2. The fourth-order valence-electron chi connectivity index (χ4n) is 1.16. The fraction of sp³-hybridized carbons (Fsp3) is 0.400. The first kappa shape index (κ1) is 12.5. The summed E-state index contributed by atoms with van der Waals surface area (Å²) in [6.45, 7) is 1.12. The van der Waals surface area contributed by atoms with Crippen LogP contribution in [-0.2, 0) is 4.79 Å². The van der Waals surface area contributed by atoms with Crippen molar-refractivity contribution in [2.75, 3.05) is 6.54 Å². The average molecular weight is 228 g/mol. The molecule has 1 amide bonds. The molecule has 6 heteroatoms. The Hall–Kier alpha value is -1.53. The van der Waals surface area contributed by atoms with Gasteiger partial charge in [0.1, 0.15) is 23.7 Å². The van der Waals surface area contributed by atoms with E-state index in [1.807, 2.05) is 0 Å². The minimum absolute atomic E-state index is 0.160. The summed E-state index contributed by atoms with van der Waals surface area (Å²) in [5.74, 6) is -1.04. The van der Waals surface area contributed by atoms with Gasteiger partial charge in [0.15, 0.2) is 0 Å². The zero-order valence-corrected chi connectivity index (χ0v) is 8.72. The number of nitrogens with one attached hydrogen (secondary N) is 1. The molecule has 0 aliphatic rings. The number of aliphatic hydroxyl groups excluding tert-OH is 2. The van der Waals surface area contributed by atoms with Gasteiger partial charge in [0.05, 0.1) is 0 Å². The van der Waals surface area contributed by atoms with Crippen molar-refractivity contribution >= 4 is 5.91 Å². The van der Waals surface area contributed by atoms with Gasteiger partial charge in [-0.3, -0.25) is 9.78 Å². The number of aromatic nitrogens is 1. The predicted octanol–water partition coefficient (Wildman–Crippen LogP) is -0.249. The van der Waals surface area contributed by atoms with Crippen LogP contribution in [0.3, 0.4) is 0 Å². The van der Waals surface area contributed by atoms with Crippen LogP contribution >= 0.6 is 0 Å². The zero-order valence-electron chi connectivity index (χ0n) is 8.72. The van der Waals surface area contributed by atoms with Crippen molar-refractivity contribution in [3.05, 3.63) is 29.8 Å². The van der Waals surface area contributed by atoms with Crippen molar-refractivity contribution < 1.29 is 19.4 Å². The number of carbonyl (C=O) groups is 1. The van der Waals surface area contributed by atoms with E-state index in [1.54, 1.807) is 0 Å². The molecule has 1 heterocycles. The standard InChI is InChI=1S/C10H13FN2O3/c1-6(14)13-5-8(15)10(16)9-7(11)3-2-4-12-9/h2-4,8,10,15-16H,5H2,1H3,(H,13,14). The highest BCUT2D eigenvalue weighted by Gasteiger charge is 2.22. The Morgan fingerprint density at radius 1 is 1.62 bits per heavy atom. The van der Waals surface area contributed by atoms with Crippen molar-refractivity contribution in [3.8, 4) is 0 Å². The summed E-state index contributed by atoms with van der Waals surface area (Å²) < 4.78 is 13.2. The fourth-order valence-corrected chi connectivity index (χ4v) is 1.16. The Bertz CT molecular complexity index is 373. The van der Waals surface area contributed by atoms with Crippen LogP contribution in [0, 0.1) is 5.82 Å². The molecule has 2 unspecified atom stereocenters. The number of nitrogens with zero attached hydrogens (tertiary/aromatic N) is 1. The Balaban J connectivity index is 2.66. The van der Waals surface area contributed by atoms with Crippen molar-refractivity contribution in [2.45, 2.75) is 19.1 Å². The molecule has 0 bridgehead atoms. The summed E-state index contributed by atoms with van der Waals surface area (Å²) in [5.41, 5.74) is -0.236. The molecular formula is C10H13FN2O3. The molecule has 88 valence electrons. The Kier molecular flexibility index (Phi) is 4.33. The second-order valence-corrected chi connectivity index (χ2v) is 3.32. The zero-order chi connectivity index (χ0) is 12.1. The largest absolute Gasteiger partial charge is 0.388 e. The lowest BCUT2D eigenvalue weighted by molar-refractivity contribution is -0.119. The molecule has 1 rings (SSSR count). The first-order valence-electron chi connectivity index (χ1n) is 4.73. The van der Waals surface area contributed by atoms with E-state index in [-0.39, 0.29) is 18.1 Å². The first-order valence-corrected chi connectivity index (χ1v) is 4.73. The molecule has 5 nitrogen and oxygen atoms in total. The van der Waals surface area contributed by atoms with E-state index in [4.69, 9.17) is 0 Å². The van der Waals surface area contributed by atoms with Gasteiger partial charge in [-0.25, -0.2) is 4.39 Å². The van der Waals surface area contributed by atoms with Crippen LogP contribution in [0.2, 0.25) is 0 Å². The summed E-state index contributed by atoms with van der Waals surface area (Å²) in [7, 11) is 0. The molecule has 0 spiro atoms. The number of halogens is 1. The van der Waals surface area contributed by atoms with Gasteiger partial charge in [0.25, 0.3) is 0 Å². The van der Waals surface area contributed by atoms with Crippen LogP contribution in [0.15, 0.2) is 18.3 Å². The lowest BCUT2D eigenvalue weighted by atomic mass is 10.1. The molecule has 0 saturated carbocycles. The van der Waals surface area contributed by atoms with Gasteiger partial charge in [-0.2, -0.15) is 0 Å². The maximum atomic E-state index is 13.2. The van der Waals surface area contributed by atoms with Crippen LogP contribution in [0.25, 0.3) is 0 Å². The third kappa shape index (κ3) is 3.25. The number of amides is 1. The molecule has 0 saturated heterocycles. The van der Waals surface area contributed by atoms with Crippen LogP contribution in [0.1, 0.15) is 18.7 Å². The molecule has 3 N–H and O–H groups in total. The molecular weight excluding hydrogens is 215 g/mol. The molecule has 0 radical (unpaired) electrons. The molecule has 1 aromatic rings. The molecule has 0 aliphatic heterocycles. The van der Waals surface area contributed by atoms with Gasteiger partial charge in [-0.1, -0.05) is 0 Å². The number of rotatable bonds is 4. The van der Waals surface area contributed by atoms with Crippen LogP contribution in [0.4, 0.5) is 4.39 Å². The first-order chi connectivity index (χ1) is 7.52. The second-order valence-electron chi connectivity index (χ2n) is 3.32. The molecule has 16 heavy (non-hydrogen) atoms.